The van der Waals surface area contributed by atoms with E-state index in [1.807, 2.05) is 54.6 Å². The first-order valence-corrected chi connectivity index (χ1v) is 8.25. The third kappa shape index (κ3) is 3.01. The summed E-state index contributed by atoms with van der Waals surface area (Å²) in [6.45, 7) is 2.23. The molecule has 2 heterocycles. The fourth-order valence-corrected chi connectivity index (χ4v) is 3.10. The molecule has 1 aliphatic rings. The van der Waals surface area contributed by atoms with Crippen molar-refractivity contribution in [2.75, 3.05) is 6.61 Å². The van der Waals surface area contributed by atoms with Gasteiger partial charge in [0, 0.05) is 5.56 Å². The van der Waals surface area contributed by atoms with Crippen LogP contribution >= 0.6 is 0 Å². The maximum atomic E-state index is 12.8. The van der Waals surface area contributed by atoms with E-state index in [1.165, 1.54) is 0 Å². The zero-order valence-electron chi connectivity index (χ0n) is 13.9. The second-order valence-corrected chi connectivity index (χ2v) is 6.13. The van der Waals surface area contributed by atoms with Gasteiger partial charge in [0.2, 0.25) is 0 Å². The number of carbonyl (C=O) groups is 1. The van der Waals surface area contributed by atoms with Gasteiger partial charge in [-0.15, -0.1) is 0 Å². The average molecular weight is 334 g/mol. The molecule has 25 heavy (non-hydrogen) atoms. The third-order valence-corrected chi connectivity index (χ3v) is 4.34. The molecule has 4 rings (SSSR count). The number of benzene rings is 2. The van der Waals surface area contributed by atoms with Crippen LogP contribution in [0.3, 0.4) is 0 Å². The molecule has 2 aromatic carbocycles. The average Bonchev–Trinajstić information content (AvgIpc) is 3.04. The van der Waals surface area contributed by atoms with E-state index in [9.17, 15) is 4.79 Å². The van der Waals surface area contributed by atoms with E-state index in [0.29, 0.717) is 23.6 Å². The van der Waals surface area contributed by atoms with E-state index in [0.717, 1.165) is 23.3 Å². The van der Waals surface area contributed by atoms with Crippen LogP contribution < -0.4 is 10.1 Å². The molecule has 0 saturated heterocycles. The number of carbonyl (C=O) groups excluding carboxylic acids is 1. The molecule has 1 aromatic heterocycles. The van der Waals surface area contributed by atoms with Crippen molar-refractivity contribution in [3.8, 4) is 17.1 Å². The summed E-state index contributed by atoms with van der Waals surface area (Å²) in [5.41, 5.74) is 2.99. The van der Waals surface area contributed by atoms with Crippen LogP contribution in [-0.4, -0.2) is 23.7 Å². The van der Waals surface area contributed by atoms with Gasteiger partial charge in [-0.1, -0.05) is 53.7 Å². The molecule has 5 nitrogen and oxygen atoms in total. The number of para-hydroxylation sites is 1. The van der Waals surface area contributed by atoms with Crippen molar-refractivity contribution in [1.82, 2.24) is 10.5 Å². The highest BCUT2D eigenvalue weighted by Gasteiger charge is 2.26. The molecule has 1 amide bonds. The van der Waals surface area contributed by atoms with E-state index in [-0.39, 0.29) is 11.9 Å². The smallest absolute Gasteiger partial charge is 0.257 e. The number of rotatable bonds is 3. The van der Waals surface area contributed by atoms with Gasteiger partial charge < -0.3 is 14.6 Å². The molecular formula is C20H18N2O3. The second-order valence-electron chi connectivity index (χ2n) is 6.13. The normalized spacial score (nSPS) is 16.0. The van der Waals surface area contributed by atoms with Crippen molar-refractivity contribution in [3.05, 3.63) is 71.4 Å². The largest absolute Gasteiger partial charge is 0.491 e. The van der Waals surface area contributed by atoms with E-state index in [4.69, 9.17) is 9.26 Å². The summed E-state index contributed by atoms with van der Waals surface area (Å²) in [4.78, 5) is 12.8. The van der Waals surface area contributed by atoms with Gasteiger partial charge in [-0.3, -0.25) is 4.79 Å². The zero-order chi connectivity index (χ0) is 17.2. The van der Waals surface area contributed by atoms with Crippen molar-refractivity contribution in [1.29, 1.82) is 0 Å². The highest BCUT2D eigenvalue weighted by atomic mass is 16.5. The number of amides is 1. The molecule has 0 spiro atoms. The van der Waals surface area contributed by atoms with Crippen molar-refractivity contribution < 1.29 is 14.1 Å². The van der Waals surface area contributed by atoms with Crippen LogP contribution in [0.15, 0.2) is 59.1 Å². The van der Waals surface area contributed by atoms with E-state index < -0.39 is 0 Å². The lowest BCUT2D eigenvalue weighted by Gasteiger charge is -2.26. The molecule has 0 bridgehead atoms. The lowest BCUT2D eigenvalue weighted by molar-refractivity contribution is 0.0915. The molecule has 1 atom stereocenters. The van der Waals surface area contributed by atoms with Gasteiger partial charge in [0.15, 0.2) is 5.76 Å². The summed E-state index contributed by atoms with van der Waals surface area (Å²) >= 11 is 0. The Balaban J connectivity index is 1.56. The lowest BCUT2D eigenvalue weighted by Crippen LogP contribution is -2.42. The highest BCUT2D eigenvalue weighted by molar-refractivity contribution is 6.00. The monoisotopic (exact) mass is 334 g/mol. The molecule has 0 fully saturated rings. The van der Waals surface area contributed by atoms with Crippen molar-refractivity contribution >= 4 is 5.91 Å². The van der Waals surface area contributed by atoms with Gasteiger partial charge in [0.05, 0.1) is 11.7 Å². The van der Waals surface area contributed by atoms with E-state index >= 15 is 0 Å². The van der Waals surface area contributed by atoms with E-state index in [2.05, 4.69) is 10.5 Å². The minimum absolute atomic E-state index is 0.0830. The minimum Gasteiger partial charge on any atom is -0.491 e. The van der Waals surface area contributed by atoms with E-state index in [1.54, 1.807) is 6.92 Å². The number of aromatic nitrogens is 1. The highest BCUT2D eigenvalue weighted by Crippen LogP contribution is 2.27. The van der Waals surface area contributed by atoms with Gasteiger partial charge in [-0.25, -0.2) is 0 Å². The SMILES string of the molecule is Cc1noc(-c2ccccc2)c1C(=O)N[C@H]1COc2ccccc2C1. The van der Waals surface area contributed by atoms with Crippen LogP contribution in [0.4, 0.5) is 0 Å². The fourth-order valence-electron chi connectivity index (χ4n) is 3.10. The second kappa shape index (κ2) is 6.43. The molecular weight excluding hydrogens is 316 g/mol. The molecule has 126 valence electrons. The molecule has 1 aliphatic heterocycles. The molecule has 0 saturated carbocycles. The Kier molecular flexibility index (Phi) is 3.98. The molecule has 5 heteroatoms. The quantitative estimate of drug-likeness (QED) is 0.797. The lowest BCUT2D eigenvalue weighted by atomic mass is 10.0. The van der Waals surface area contributed by atoms with Gasteiger partial charge in [0.25, 0.3) is 5.91 Å². The number of aryl methyl sites for hydroxylation is 1. The Bertz CT molecular complexity index is 902. The summed E-state index contributed by atoms with van der Waals surface area (Å²) in [5.74, 6) is 1.19. The van der Waals surface area contributed by atoms with Crippen LogP contribution in [0, 0.1) is 6.92 Å². The maximum Gasteiger partial charge on any atom is 0.257 e. The molecule has 0 radical (unpaired) electrons. The number of nitrogens with zero attached hydrogens (tertiary/aromatic N) is 1. The van der Waals surface area contributed by atoms with Crippen molar-refractivity contribution in [2.45, 2.75) is 19.4 Å². The number of nitrogens with one attached hydrogen (secondary N) is 1. The first-order chi connectivity index (χ1) is 12.2. The number of ether oxygens (including phenoxy) is 1. The molecule has 3 aromatic rings. The van der Waals surface area contributed by atoms with Gasteiger partial charge in [-0.05, 0) is 25.0 Å². The number of hydrogen-bond donors (Lipinski definition) is 1. The van der Waals surface area contributed by atoms with Crippen LogP contribution in [-0.2, 0) is 6.42 Å². The Hall–Kier alpha value is -3.08. The van der Waals surface area contributed by atoms with Crippen LogP contribution in [0.5, 0.6) is 5.75 Å². The standard InChI is InChI=1S/C20H18N2O3/c1-13-18(19(25-22-13)14-7-3-2-4-8-14)20(23)21-16-11-15-9-5-6-10-17(15)24-12-16/h2-10,16H,11-12H2,1H3,(H,21,23)/t16-/m1/s1. The number of hydrogen-bond acceptors (Lipinski definition) is 4. The Morgan fingerprint density at radius 2 is 1.88 bits per heavy atom. The summed E-state index contributed by atoms with van der Waals surface area (Å²) in [6, 6.07) is 17.3. The fraction of sp³-hybridized carbons (Fsp3) is 0.200. The Morgan fingerprint density at radius 3 is 2.72 bits per heavy atom. The Morgan fingerprint density at radius 1 is 1.12 bits per heavy atom. The van der Waals surface area contributed by atoms with Gasteiger partial charge in [-0.2, -0.15) is 0 Å². The van der Waals surface area contributed by atoms with Crippen LogP contribution in [0.25, 0.3) is 11.3 Å². The van der Waals surface area contributed by atoms with Gasteiger partial charge >= 0.3 is 0 Å². The summed E-state index contributed by atoms with van der Waals surface area (Å²) in [7, 11) is 0. The van der Waals surface area contributed by atoms with Crippen molar-refractivity contribution in [2.24, 2.45) is 0 Å². The maximum absolute atomic E-state index is 12.8. The number of fused-ring (bicyclic) bond motifs is 1. The first kappa shape index (κ1) is 15.4. The molecule has 0 aliphatic carbocycles. The first-order valence-electron chi connectivity index (χ1n) is 8.25. The predicted octanol–water partition coefficient (Wildman–Crippen LogP) is 3.38. The summed E-state index contributed by atoms with van der Waals surface area (Å²) in [5, 5.41) is 7.03. The summed E-state index contributed by atoms with van der Waals surface area (Å²) < 4.78 is 11.2. The topological polar surface area (TPSA) is 64.4 Å². The van der Waals surface area contributed by atoms with Crippen LogP contribution in [0.2, 0.25) is 0 Å². The summed E-state index contributed by atoms with van der Waals surface area (Å²) in [6.07, 6.45) is 0.743. The Labute approximate surface area is 145 Å². The molecule has 0 unspecified atom stereocenters. The third-order valence-electron chi connectivity index (χ3n) is 4.34. The van der Waals surface area contributed by atoms with Crippen molar-refractivity contribution in [3.63, 3.8) is 0 Å². The molecule has 1 N–H and O–H groups in total. The van der Waals surface area contributed by atoms with Crippen LogP contribution in [0.1, 0.15) is 21.6 Å². The predicted molar refractivity (Wildman–Crippen MR) is 93.6 cm³/mol. The van der Waals surface area contributed by atoms with Gasteiger partial charge in [0.1, 0.15) is 17.9 Å². The minimum atomic E-state index is -0.189. The zero-order valence-corrected chi connectivity index (χ0v) is 13.9.